The van der Waals surface area contributed by atoms with Gasteiger partial charge in [0.25, 0.3) is 0 Å². The minimum Gasteiger partial charge on any atom is -0.411 e. The highest BCUT2D eigenvalue weighted by molar-refractivity contribution is 5.81. The standard InChI is InChI=1S/C37H68N5O/c1-3-5-7-9-11-13-15-17-19-21-23-25-27-39-29-31-41(35-39)33-37(38-43)34-42-32-30-40(36-42)28-26-24-22-20-18-16-14-12-10-8-6-4-2/h29-32,35-36H,3-28,33-34H2,1-2H3/q+1/p+1. The second-order valence-electron chi connectivity index (χ2n) is 13.1. The molecule has 0 radical (unpaired) electrons. The quantitative estimate of drug-likeness (QED) is 0.0314. The van der Waals surface area contributed by atoms with Gasteiger partial charge in [-0.05, 0) is 25.7 Å². The molecule has 246 valence electrons. The predicted molar refractivity (Wildman–Crippen MR) is 181 cm³/mol. The molecule has 6 heteroatoms. The molecule has 0 aliphatic heterocycles. The lowest BCUT2D eigenvalue weighted by Gasteiger charge is -2.02. The molecule has 2 heterocycles. The maximum Gasteiger partial charge on any atom is 0.244 e. The van der Waals surface area contributed by atoms with E-state index in [1.54, 1.807) is 0 Å². The third-order valence-electron chi connectivity index (χ3n) is 8.90. The van der Waals surface area contributed by atoms with Crippen LogP contribution in [0.1, 0.15) is 168 Å². The van der Waals surface area contributed by atoms with Crippen molar-refractivity contribution in [2.45, 2.75) is 194 Å². The average molecular weight is 600 g/mol. The van der Waals surface area contributed by atoms with Crippen molar-refractivity contribution in [1.82, 2.24) is 9.13 Å². The summed E-state index contributed by atoms with van der Waals surface area (Å²) in [6, 6.07) is 0. The fraction of sp³-hybridized carbons (Fsp3) is 0.811. The summed E-state index contributed by atoms with van der Waals surface area (Å²) in [4.78, 5) is 0. The van der Waals surface area contributed by atoms with Gasteiger partial charge in [-0.3, -0.25) is 0 Å². The van der Waals surface area contributed by atoms with Gasteiger partial charge >= 0.3 is 0 Å². The van der Waals surface area contributed by atoms with E-state index in [9.17, 15) is 5.21 Å². The summed E-state index contributed by atoms with van der Waals surface area (Å²) in [5.41, 5.74) is 0.765. The summed E-state index contributed by atoms with van der Waals surface area (Å²) in [6.07, 6.45) is 45.9. The van der Waals surface area contributed by atoms with E-state index in [4.69, 9.17) is 0 Å². The van der Waals surface area contributed by atoms with E-state index in [1.807, 2.05) is 0 Å². The van der Waals surface area contributed by atoms with Crippen LogP contribution in [0.3, 0.4) is 0 Å². The normalized spacial score (nSPS) is 11.4. The number of nitrogens with zero attached hydrogens (tertiary/aromatic N) is 5. The molecule has 6 nitrogen and oxygen atoms in total. The fourth-order valence-electron chi connectivity index (χ4n) is 6.13. The minimum atomic E-state index is 0.610. The summed E-state index contributed by atoms with van der Waals surface area (Å²) < 4.78 is 8.78. The van der Waals surface area contributed by atoms with Crippen LogP contribution in [-0.4, -0.2) is 20.1 Å². The number of hydrogen-bond donors (Lipinski definition) is 1. The van der Waals surface area contributed by atoms with Crippen LogP contribution in [0.4, 0.5) is 0 Å². The number of aromatic nitrogens is 4. The summed E-state index contributed by atoms with van der Waals surface area (Å²) in [6.45, 7) is 7.92. The van der Waals surface area contributed by atoms with Crippen LogP contribution in [0.15, 0.2) is 42.6 Å². The van der Waals surface area contributed by atoms with Crippen LogP contribution in [-0.2, 0) is 26.2 Å². The van der Waals surface area contributed by atoms with Gasteiger partial charge in [-0.1, -0.05) is 147 Å². The molecular formula is C37H69N5O+2. The van der Waals surface area contributed by atoms with E-state index in [0.29, 0.717) is 13.1 Å². The van der Waals surface area contributed by atoms with Gasteiger partial charge in [-0.25, -0.2) is 18.3 Å². The van der Waals surface area contributed by atoms with E-state index in [1.165, 1.54) is 154 Å². The van der Waals surface area contributed by atoms with Crippen molar-refractivity contribution in [3.8, 4) is 0 Å². The number of imidazole rings is 2. The average Bonchev–Trinajstić information content (AvgIpc) is 3.67. The lowest BCUT2D eigenvalue weighted by Crippen LogP contribution is -2.43. The molecule has 0 unspecified atom stereocenters. The second-order valence-corrected chi connectivity index (χ2v) is 13.1. The molecular weight excluding hydrogens is 530 g/mol. The van der Waals surface area contributed by atoms with Gasteiger partial charge in [0.1, 0.15) is 43.6 Å². The lowest BCUT2D eigenvalue weighted by molar-refractivity contribution is -0.698. The molecule has 0 spiro atoms. The summed E-state index contributed by atoms with van der Waals surface area (Å²) >= 11 is 0. The van der Waals surface area contributed by atoms with Gasteiger partial charge in [-0.2, -0.15) is 0 Å². The molecule has 0 amide bonds. The summed E-state index contributed by atoms with van der Waals surface area (Å²) in [5, 5.41) is 13.3. The van der Waals surface area contributed by atoms with Gasteiger partial charge in [0.15, 0.2) is 0 Å². The molecule has 0 aliphatic rings. The molecule has 0 bridgehead atoms. The van der Waals surface area contributed by atoms with E-state index in [0.717, 1.165) is 18.8 Å². The first-order valence-electron chi connectivity index (χ1n) is 18.5. The lowest BCUT2D eigenvalue weighted by atomic mass is 10.1. The van der Waals surface area contributed by atoms with Crippen molar-refractivity contribution in [1.29, 1.82) is 0 Å². The third-order valence-corrected chi connectivity index (χ3v) is 8.90. The molecule has 0 saturated heterocycles. The molecule has 43 heavy (non-hydrogen) atoms. The van der Waals surface area contributed by atoms with Crippen LogP contribution in [0.5, 0.6) is 0 Å². The Hall–Kier alpha value is -2.11. The highest BCUT2D eigenvalue weighted by Gasteiger charge is 2.13. The predicted octanol–water partition coefficient (Wildman–Crippen LogP) is 9.80. The Morgan fingerprint density at radius 2 is 0.791 bits per heavy atom. The first-order valence-corrected chi connectivity index (χ1v) is 18.5. The maximum absolute atomic E-state index is 9.66. The Morgan fingerprint density at radius 1 is 0.488 bits per heavy atom. The molecule has 2 aromatic heterocycles. The molecule has 1 N–H and O–H groups in total. The molecule has 0 fully saturated rings. The zero-order valence-electron chi connectivity index (χ0n) is 28.4. The van der Waals surface area contributed by atoms with Crippen molar-refractivity contribution < 1.29 is 14.3 Å². The first kappa shape index (κ1) is 37.1. The van der Waals surface area contributed by atoms with Gasteiger partial charge in [0, 0.05) is 0 Å². The Labute approximate surface area is 265 Å². The monoisotopic (exact) mass is 600 g/mol. The fourth-order valence-corrected chi connectivity index (χ4v) is 6.13. The Bertz CT molecular complexity index is 848. The van der Waals surface area contributed by atoms with Crippen LogP contribution < -0.4 is 9.13 Å². The smallest absolute Gasteiger partial charge is 0.244 e. The van der Waals surface area contributed by atoms with Gasteiger partial charge < -0.3 is 5.21 Å². The first-order chi connectivity index (χ1) is 21.2. The molecule has 2 rings (SSSR count). The van der Waals surface area contributed by atoms with E-state index in [-0.39, 0.29) is 0 Å². The molecule has 0 aromatic carbocycles. The molecule has 0 atom stereocenters. The maximum atomic E-state index is 9.66. The van der Waals surface area contributed by atoms with E-state index in [2.05, 4.69) is 74.7 Å². The van der Waals surface area contributed by atoms with Crippen LogP contribution in [0.25, 0.3) is 0 Å². The van der Waals surface area contributed by atoms with Gasteiger partial charge in [0.2, 0.25) is 12.7 Å². The largest absolute Gasteiger partial charge is 0.411 e. The van der Waals surface area contributed by atoms with Crippen molar-refractivity contribution in [3.05, 3.63) is 37.4 Å². The van der Waals surface area contributed by atoms with Crippen molar-refractivity contribution >= 4 is 5.71 Å². The highest BCUT2D eigenvalue weighted by Crippen LogP contribution is 2.13. The van der Waals surface area contributed by atoms with Gasteiger partial charge in [0.05, 0.1) is 13.1 Å². The van der Waals surface area contributed by atoms with Crippen LogP contribution >= 0.6 is 0 Å². The number of hydrogen-bond acceptors (Lipinski definition) is 2. The van der Waals surface area contributed by atoms with Gasteiger partial charge in [-0.15, -0.1) is 0 Å². The second kappa shape index (κ2) is 26.3. The van der Waals surface area contributed by atoms with Crippen molar-refractivity contribution in [3.63, 3.8) is 0 Å². The number of oxime groups is 1. The Balaban J connectivity index is 1.50. The van der Waals surface area contributed by atoms with Crippen molar-refractivity contribution in [2.75, 3.05) is 0 Å². The molecule has 2 aromatic rings. The van der Waals surface area contributed by atoms with Crippen molar-refractivity contribution in [2.24, 2.45) is 5.16 Å². The van der Waals surface area contributed by atoms with E-state index >= 15 is 0 Å². The zero-order valence-corrected chi connectivity index (χ0v) is 28.4. The van der Waals surface area contributed by atoms with Crippen LogP contribution in [0.2, 0.25) is 0 Å². The molecule has 0 aliphatic carbocycles. The summed E-state index contributed by atoms with van der Waals surface area (Å²) in [5.74, 6) is 0. The topological polar surface area (TPSA) is 50.2 Å². The Kier molecular flexibility index (Phi) is 22.7. The van der Waals surface area contributed by atoms with E-state index < -0.39 is 0 Å². The SMILES string of the molecule is CCCCCCCCCCCCCCn1cc[n+](CC(C[n+]2ccn(CCCCCCCCCCCCCC)c2)=NO)c1. The van der Waals surface area contributed by atoms with Crippen LogP contribution in [0, 0.1) is 0 Å². The Morgan fingerprint density at radius 3 is 1.09 bits per heavy atom. The highest BCUT2D eigenvalue weighted by atomic mass is 16.4. The number of rotatable bonds is 30. The number of unbranched alkanes of at least 4 members (excludes halogenated alkanes) is 22. The summed E-state index contributed by atoms with van der Waals surface area (Å²) in [7, 11) is 0. The zero-order chi connectivity index (χ0) is 30.6. The minimum absolute atomic E-state index is 0.610. The third kappa shape index (κ3) is 19.7. The molecule has 0 saturated carbocycles. The number of aryl methyl sites for hydroxylation is 2.